The van der Waals surface area contributed by atoms with E-state index in [0.717, 1.165) is 21.6 Å². The van der Waals surface area contributed by atoms with Crippen LogP contribution in [-0.2, 0) is 21.0 Å². The maximum absolute atomic E-state index is 13.5. The number of hydrogen-bond donors (Lipinski definition) is 2. The van der Waals surface area contributed by atoms with E-state index >= 15 is 0 Å². The molecule has 1 aliphatic heterocycles. The number of ether oxygens (including phenoxy) is 2. The summed E-state index contributed by atoms with van der Waals surface area (Å²) in [5, 5.41) is 4.98. The van der Waals surface area contributed by atoms with Crippen LogP contribution in [0.5, 0.6) is 11.5 Å². The summed E-state index contributed by atoms with van der Waals surface area (Å²) in [6.45, 7) is 7.15. The number of hydrogen-bond acceptors (Lipinski definition) is 6. The lowest BCUT2D eigenvalue weighted by atomic mass is 10.0. The van der Waals surface area contributed by atoms with Crippen molar-refractivity contribution in [1.29, 1.82) is 0 Å². The number of urea groups is 1. The molecular weight excluding hydrogens is 498 g/mol. The summed E-state index contributed by atoms with van der Waals surface area (Å²) in [5.74, 6) is -0.492. The molecule has 1 heterocycles. The predicted octanol–water partition coefficient (Wildman–Crippen LogP) is 4.82. The summed E-state index contributed by atoms with van der Waals surface area (Å²) >= 11 is 0. The van der Waals surface area contributed by atoms with E-state index in [4.69, 9.17) is 9.47 Å². The first-order valence-electron chi connectivity index (χ1n) is 12.2. The van der Waals surface area contributed by atoms with E-state index in [-0.39, 0.29) is 18.1 Å². The maximum atomic E-state index is 13.5. The van der Waals surface area contributed by atoms with Gasteiger partial charge in [-0.3, -0.25) is 19.7 Å². The Bertz CT molecular complexity index is 1480. The second kappa shape index (κ2) is 11.2. The lowest BCUT2D eigenvalue weighted by molar-refractivity contribution is -0.122. The molecule has 0 bridgehead atoms. The number of methoxy groups -OCH3 is 1. The smallest absolute Gasteiger partial charge is 0.335 e. The fraction of sp³-hybridized carbons (Fsp3) is 0.200. The number of rotatable bonds is 7. The first-order chi connectivity index (χ1) is 18.6. The Morgan fingerprint density at radius 1 is 0.974 bits per heavy atom. The highest BCUT2D eigenvalue weighted by Crippen LogP contribution is 2.30. The van der Waals surface area contributed by atoms with Gasteiger partial charge in [0.05, 0.1) is 12.8 Å². The van der Waals surface area contributed by atoms with Crippen LogP contribution in [0.3, 0.4) is 0 Å². The van der Waals surface area contributed by atoms with Crippen molar-refractivity contribution in [1.82, 2.24) is 5.32 Å². The summed E-state index contributed by atoms with van der Waals surface area (Å²) in [5.41, 5.74) is 4.68. The Balaban J connectivity index is 1.61. The first kappa shape index (κ1) is 27.1. The van der Waals surface area contributed by atoms with Crippen molar-refractivity contribution in [3.8, 4) is 11.5 Å². The molecule has 9 heteroatoms. The first-order valence-corrected chi connectivity index (χ1v) is 12.2. The van der Waals surface area contributed by atoms with Crippen LogP contribution in [-0.4, -0.2) is 30.9 Å². The number of carbonyl (C=O) groups is 4. The van der Waals surface area contributed by atoms with Crippen molar-refractivity contribution >= 4 is 41.2 Å². The third kappa shape index (κ3) is 5.98. The van der Waals surface area contributed by atoms with Gasteiger partial charge in [0.15, 0.2) is 0 Å². The van der Waals surface area contributed by atoms with E-state index in [0.29, 0.717) is 34.0 Å². The maximum Gasteiger partial charge on any atom is 0.335 e. The molecule has 200 valence electrons. The number of amides is 5. The van der Waals surface area contributed by atoms with Crippen LogP contribution >= 0.6 is 0 Å². The van der Waals surface area contributed by atoms with E-state index in [1.54, 1.807) is 42.5 Å². The summed E-state index contributed by atoms with van der Waals surface area (Å²) in [7, 11) is 1.53. The van der Waals surface area contributed by atoms with E-state index in [1.165, 1.54) is 20.1 Å². The van der Waals surface area contributed by atoms with Gasteiger partial charge >= 0.3 is 6.03 Å². The zero-order valence-electron chi connectivity index (χ0n) is 22.4. The van der Waals surface area contributed by atoms with Gasteiger partial charge < -0.3 is 14.8 Å². The standard InChI is InChI=1S/C30H29N3O6/c1-17-12-18(2)27(19(3)13-17)33-29(36)25(28(35)32-30(33)37)15-21-6-11-26(38-5)22(14-21)16-39-24-9-7-23(8-10-24)31-20(4)34/h6-15H,16H2,1-5H3,(H,31,34)(H,32,35,37)/b25-15-. The largest absolute Gasteiger partial charge is 0.496 e. The van der Waals surface area contributed by atoms with Gasteiger partial charge in [-0.1, -0.05) is 23.8 Å². The fourth-order valence-electron chi connectivity index (χ4n) is 4.55. The van der Waals surface area contributed by atoms with Crippen molar-refractivity contribution < 1.29 is 28.7 Å². The topological polar surface area (TPSA) is 114 Å². The van der Waals surface area contributed by atoms with Gasteiger partial charge in [-0.15, -0.1) is 0 Å². The highest BCUT2D eigenvalue weighted by Gasteiger charge is 2.38. The number of carbonyl (C=O) groups excluding carboxylic acids is 4. The van der Waals surface area contributed by atoms with Crippen LogP contribution in [0.15, 0.2) is 60.2 Å². The lowest BCUT2D eigenvalue weighted by Gasteiger charge is -2.29. The molecule has 0 spiro atoms. The van der Waals surface area contributed by atoms with Crippen molar-refractivity contribution in [3.63, 3.8) is 0 Å². The molecule has 1 saturated heterocycles. The Hall–Kier alpha value is -4.92. The molecule has 2 N–H and O–H groups in total. The minimum atomic E-state index is -0.787. The summed E-state index contributed by atoms with van der Waals surface area (Å²) in [4.78, 5) is 51.1. The molecule has 5 amide bonds. The van der Waals surface area contributed by atoms with Crippen molar-refractivity contribution in [3.05, 3.63) is 88.0 Å². The zero-order chi connectivity index (χ0) is 28.3. The van der Waals surface area contributed by atoms with Crippen molar-refractivity contribution in [2.24, 2.45) is 0 Å². The second-order valence-electron chi connectivity index (χ2n) is 9.27. The Morgan fingerprint density at radius 3 is 2.26 bits per heavy atom. The molecule has 0 aliphatic carbocycles. The molecule has 0 saturated carbocycles. The average Bonchev–Trinajstić information content (AvgIpc) is 2.87. The SMILES string of the molecule is COc1ccc(/C=C2/C(=O)NC(=O)N(c3c(C)cc(C)cc3C)C2=O)cc1COc1ccc(NC(C)=O)cc1. The van der Waals surface area contributed by atoms with Gasteiger partial charge in [0.25, 0.3) is 11.8 Å². The third-order valence-electron chi connectivity index (χ3n) is 6.15. The molecule has 0 radical (unpaired) electrons. The van der Waals surface area contributed by atoms with E-state index in [2.05, 4.69) is 10.6 Å². The third-order valence-corrected chi connectivity index (χ3v) is 6.15. The molecule has 9 nitrogen and oxygen atoms in total. The monoisotopic (exact) mass is 527 g/mol. The number of barbiturate groups is 1. The van der Waals surface area contributed by atoms with Gasteiger partial charge in [0.1, 0.15) is 23.7 Å². The molecule has 1 aliphatic rings. The number of nitrogens with one attached hydrogen (secondary N) is 2. The summed E-state index contributed by atoms with van der Waals surface area (Å²) in [6, 6.07) is 15.1. The van der Waals surface area contributed by atoms with Crippen LogP contribution in [0, 0.1) is 20.8 Å². The number of nitrogens with zero attached hydrogens (tertiary/aromatic N) is 1. The van der Waals surface area contributed by atoms with Crippen LogP contribution in [0.2, 0.25) is 0 Å². The molecule has 0 atom stereocenters. The summed E-state index contributed by atoms with van der Waals surface area (Å²) < 4.78 is 11.4. The van der Waals surface area contributed by atoms with E-state index < -0.39 is 17.8 Å². The van der Waals surface area contributed by atoms with Gasteiger partial charge in [0.2, 0.25) is 5.91 Å². The molecular formula is C30H29N3O6. The number of anilines is 2. The van der Waals surface area contributed by atoms with Crippen LogP contribution < -0.4 is 25.0 Å². The predicted molar refractivity (Wildman–Crippen MR) is 148 cm³/mol. The van der Waals surface area contributed by atoms with Crippen LogP contribution in [0.25, 0.3) is 6.08 Å². The Kier molecular flexibility index (Phi) is 7.80. The molecule has 0 aromatic heterocycles. The second-order valence-corrected chi connectivity index (χ2v) is 9.27. The van der Waals surface area contributed by atoms with Gasteiger partial charge in [-0.2, -0.15) is 0 Å². The molecule has 3 aromatic carbocycles. The van der Waals surface area contributed by atoms with Crippen molar-refractivity contribution in [2.45, 2.75) is 34.3 Å². The Labute approximate surface area is 226 Å². The van der Waals surface area contributed by atoms with Gasteiger partial charge in [-0.25, -0.2) is 9.69 Å². The number of benzene rings is 3. The van der Waals surface area contributed by atoms with Gasteiger partial charge in [0, 0.05) is 18.2 Å². The molecule has 4 rings (SSSR count). The highest BCUT2D eigenvalue weighted by molar-refractivity contribution is 6.39. The lowest BCUT2D eigenvalue weighted by Crippen LogP contribution is -2.54. The normalized spacial score (nSPS) is 14.3. The van der Waals surface area contributed by atoms with Crippen LogP contribution in [0.4, 0.5) is 16.2 Å². The fourth-order valence-corrected chi connectivity index (χ4v) is 4.55. The number of imide groups is 2. The molecule has 0 unspecified atom stereocenters. The summed E-state index contributed by atoms with van der Waals surface area (Å²) in [6.07, 6.45) is 1.45. The average molecular weight is 528 g/mol. The highest BCUT2D eigenvalue weighted by atomic mass is 16.5. The minimum Gasteiger partial charge on any atom is -0.496 e. The van der Waals surface area contributed by atoms with E-state index in [1.807, 2.05) is 32.9 Å². The zero-order valence-corrected chi connectivity index (χ0v) is 22.4. The quantitative estimate of drug-likeness (QED) is 0.336. The minimum absolute atomic E-state index is 0.145. The Morgan fingerprint density at radius 2 is 1.64 bits per heavy atom. The molecule has 1 fully saturated rings. The molecule has 3 aromatic rings. The van der Waals surface area contributed by atoms with Crippen LogP contribution in [0.1, 0.15) is 34.7 Å². The van der Waals surface area contributed by atoms with E-state index in [9.17, 15) is 19.2 Å². The van der Waals surface area contributed by atoms with Crippen molar-refractivity contribution in [2.75, 3.05) is 17.3 Å². The number of aryl methyl sites for hydroxylation is 3. The van der Waals surface area contributed by atoms with Gasteiger partial charge in [-0.05, 0) is 79.9 Å². The molecule has 39 heavy (non-hydrogen) atoms.